The van der Waals surface area contributed by atoms with Gasteiger partial charge >= 0.3 is 0 Å². The van der Waals surface area contributed by atoms with Crippen LogP contribution in [-0.2, 0) is 14.2 Å². The lowest BCUT2D eigenvalue weighted by Gasteiger charge is -2.08. The van der Waals surface area contributed by atoms with E-state index in [2.05, 4.69) is 12.2 Å². The van der Waals surface area contributed by atoms with E-state index in [-0.39, 0.29) is 5.82 Å². The van der Waals surface area contributed by atoms with Crippen molar-refractivity contribution in [1.82, 2.24) is 0 Å². The summed E-state index contributed by atoms with van der Waals surface area (Å²) in [5.41, 5.74) is 0.889. The second-order valence-corrected chi connectivity index (χ2v) is 4.62. The van der Waals surface area contributed by atoms with E-state index in [1.807, 2.05) is 0 Å². The van der Waals surface area contributed by atoms with Gasteiger partial charge in [0.15, 0.2) is 0 Å². The summed E-state index contributed by atoms with van der Waals surface area (Å²) in [5, 5.41) is 3.15. The van der Waals surface area contributed by atoms with Gasteiger partial charge in [-0.1, -0.05) is 13.3 Å². The molecule has 0 atom stereocenters. The Morgan fingerprint density at radius 2 is 1.43 bits per heavy atom. The molecule has 0 fully saturated rings. The van der Waals surface area contributed by atoms with Gasteiger partial charge in [-0.15, -0.1) is 0 Å². The minimum atomic E-state index is -0.229. The van der Waals surface area contributed by atoms with Gasteiger partial charge in [-0.2, -0.15) is 0 Å². The fraction of sp³-hybridized carbons (Fsp3) is 0.625. The zero-order valence-electron chi connectivity index (χ0n) is 12.8. The summed E-state index contributed by atoms with van der Waals surface area (Å²) in [7, 11) is 0. The molecule has 0 amide bonds. The number of benzene rings is 1. The first kappa shape index (κ1) is 17.9. The van der Waals surface area contributed by atoms with E-state index in [1.54, 1.807) is 12.1 Å². The minimum Gasteiger partial charge on any atom is -0.383 e. The number of anilines is 1. The van der Waals surface area contributed by atoms with Gasteiger partial charge in [-0.3, -0.25) is 0 Å². The maximum absolute atomic E-state index is 12.7. The number of unbranched alkanes of at least 4 members (excludes halogenated alkanes) is 1. The Morgan fingerprint density at radius 3 is 2.05 bits per heavy atom. The molecule has 1 aromatic carbocycles. The third kappa shape index (κ3) is 10.2. The molecule has 0 heterocycles. The van der Waals surface area contributed by atoms with Crippen LogP contribution in [0.4, 0.5) is 10.1 Å². The Labute approximate surface area is 126 Å². The topological polar surface area (TPSA) is 39.7 Å². The lowest BCUT2D eigenvalue weighted by molar-refractivity contribution is 0.0159. The predicted molar refractivity (Wildman–Crippen MR) is 82.3 cm³/mol. The van der Waals surface area contributed by atoms with Crippen LogP contribution in [0.25, 0.3) is 0 Å². The largest absolute Gasteiger partial charge is 0.383 e. The average Bonchev–Trinajstić information content (AvgIpc) is 2.50. The van der Waals surface area contributed by atoms with Crippen molar-refractivity contribution in [2.75, 3.05) is 51.5 Å². The molecule has 0 radical (unpaired) electrons. The van der Waals surface area contributed by atoms with Crippen LogP contribution in [0, 0.1) is 5.82 Å². The Bertz CT molecular complexity index is 346. The predicted octanol–water partition coefficient (Wildman–Crippen LogP) is 3.09. The summed E-state index contributed by atoms with van der Waals surface area (Å²) in [6, 6.07) is 6.27. The highest BCUT2D eigenvalue weighted by Gasteiger charge is 1.94. The summed E-state index contributed by atoms with van der Waals surface area (Å²) in [6.07, 6.45) is 2.25. The van der Waals surface area contributed by atoms with Gasteiger partial charge in [0.1, 0.15) is 5.82 Å². The second kappa shape index (κ2) is 12.6. The van der Waals surface area contributed by atoms with Gasteiger partial charge in [0.2, 0.25) is 0 Å². The summed E-state index contributed by atoms with van der Waals surface area (Å²) < 4.78 is 28.9. The van der Waals surface area contributed by atoms with Crippen molar-refractivity contribution in [3.63, 3.8) is 0 Å². The smallest absolute Gasteiger partial charge is 0.123 e. The lowest BCUT2D eigenvalue weighted by Crippen LogP contribution is -2.14. The Morgan fingerprint density at radius 1 is 0.857 bits per heavy atom. The van der Waals surface area contributed by atoms with E-state index < -0.39 is 0 Å². The molecule has 21 heavy (non-hydrogen) atoms. The molecule has 120 valence electrons. The Balaban J connectivity index is 1.81. The highest BCUT2D eigenvalue weighted by atomic mass is 19.1. The van der Waals surface area contributed by atoms with Crippen LogP contribution < -0.4 is 5.32 Å². The number of rotatable bonds is 13. The quantitative estimate of drug-likeness (QED) is 0.568. The molecular weight excluding hydrogens is 273 g/mol. The maximum Gasteiger partial charge on any atom is 0.123 e. The normalized spacial score (nSPS) is 10.8. The molecule has 1 N–H and O–H groups in total. The number of nitrogens with one attached hydrogen (secondary N) is 1. The van der Waals surface area contributed by atoms with Crippen molar-refractivity contribution in [1.29, 1.82) is 0 Å². The first-order valence-corrected chi connectivity index (χ1v) is 7.55. The van der Waals surface area contributed by atoms with E-state index in [0.717, 1.165) is 25.1 Å². The van der Waals surface area contributed by atoms with E-state index in [4.69, 9.17) is 14.2 Å². The third-order valence-corrected chi connectivity index (χ3v) is 2.81. The number of hydrogen-bond acceptors (Lipinski definition) is 4. The first-order chi connectivity index (χ1) is 10.3. The molecule has 1 aromatic rings. The monoisotopic (exact) mass is 299 g/mol. The number of ether oxygens (including phenoxy) is 3. The molecule has 1 rings (SSSR count). The van der Waals surface area contributed by atoms with Crippen molar-refractivity contribution in [2.45, 2.75) is 19.8 Å². The van der Waals surface area contributed by atoms with Crippen LogP contribution in [0.2, 0.25) is 0 Å². The minimum absolute atomic E-state index is 0.229. The highest BCUT2D eigenvalue weighted by molar-refractivity contribution is 5.42. The van der Waals surface area contributed by atoms with Gasteiger partial charge in [0, 0.05) is 18.8 Å². The van der Waals surface area contributed by atoms with E-state index >= 15 is 0 Å². The average molecular weight is 299 g/mol. The summed E-state index contributed by atoms with van der Waals surface area (Å²) in [4.78, 5) is 0. The fourth-order valence-corrected chi connectivity index (χ4v) is 1.62. The molecular formula is C16H26FNO3. The highest BCUT2D eigenvalue weighted by Crippen LogP contribution is 2.07. The Hall–Kier alpha value is -1.17. The van der Waals surface area contributed by atoms with Crippen molar-refractivity contribution >= 4 is 5.69 Å². The fourth-order valence-electron chi connectivity index (χ4n) is 1.62. The van der Waals surface area contributed by atoms with Crippen LogP contribution in [0.5, 0.6) is 0 Å². The maximum atomic E-state index is 12.7. The Kier molecular flexibility index (Phi) is 10.7. The van der Waals surface area contributed by atoms with Crippen molar-refractivity contribution in [3.05, 3.63) is 30.1 Å². The van der Waals surface area contributed by atoms with Gasteiger partial charge in [0.05, 0.1) is 33.0 Å². The molecule has 0 saturated carbocycles. The summed E-state index contributed by atoms with van der Waals surface area (Å²) in [6.45, 7) is 6.63. The van der Waals surface area contributed by atoms with Crippen LogP contribution in [0.1, 0.15) is 19.8 Å². The number of halogens is 1. The molecule has 0 spiro atoms. The van der Waals surface area contributed by atoms with E-state index in [1.165, 1.54) is 12.1 Å². The molecule has 0 saturated heterocycles. The van der Waals surface area contributed by atoms with Gasteiger partial charge < -0.3 is 19.5 Å². The molecule has 4 nitrogen and oxygen atoms in total. The molecule has 0 bridgehead atoms. The zero-order valence-corrected chi connectivity index (χ0v) is 12.8. The van der Waals surface area contributed by atoms with E-state index in [0.29, 0.717) is 39.6 Å². The molecule has 0 aliphatic heterocycles. The van der Waals surface area contributed by atoms with Crippen LogP contribution in [-0.4, -0.2) is 46.2 Å². The van der Waals surface area contributed by atoms with Gasteiger partial charge in [-0.25, -0.2) is 4.39 Å². The first-order valence-electron chi connectivity index (χ1n) is 7.55. The standard InChI is InChI=1S/C16H26FNO3/c1-2-3-9-19-11-13-21-14-12-20-10-8-18-16-6-4-15(17)5-7-16/h4-7,18H,2-3,8-14H2,1H3. The molecule has 5 heteroatoms. The van der Waals surface area contributed by atoms with E-state index in [9.17, 15) is 4.39 Å². The van der Waals surface area contributed by atoms with Crippen LogP contribution in [0.3, 0.4) is 0 Å². The third-order valence-electron chi connectivity index (χ3n) is 2.81. The molecule has 0 unspecified atom stereocenters. The van der Waals surface area contributed by atoms with Crippen LogP contribution >= 0.6 is 0 Å². The molecule has 0 aromatic heterocycles. The van der Waals surface area contributed by atoms with Crippen LogP contribution in [0.15, 0.2) is 24.3 Å². The summed E-state index contributed by atoms with van der Waals surface area (Å²) >= 11 is 0. The summed E-state index contributed by atoms with van der Waals surface area (Å²) in [5.74, 6) is -0.229. The van der Waals surface area contributed by atoms with Gasteiger partial charge in [-0.05, 0) is 30.7 Å². The van der Waals surface area contributed by atoms with Crippen molar-refractivity contribution in [3.8, 4) is 0 Å². The zero-order chi connectivity index (χ0) is 15.2. The second-order valence-electron chi connectivity index (χ2n) is 4.62. The molecule has 0 aliphatic rings. The molecule has 0 aliphatic carbocycles. The van der Waals surface area contributed by atoms with Crippen molar-refractivity contribution < 1.29 is 18.6 Å². The SMILES string of the molecule is CCCCOCCOCCOCCNc1ccc(F)cc1. The number of hydrogen-bond donors (Lipinski definition) is 1. The van der Waals surface area contributed by atoms with Crippen molar-refractivity contribution in [2.24, 2.45) is 0 Å². The lowest BCUT2D eigenvalue weighted by atomic mass is 10.3. The van der Waals surface area contributed by atoms with Gasteiger partial charge in [0.25, 0.3) is 0 Å².